The van der Waals surface area contributed by atoms with E-state index in [2.05, 4.69) is 0 Å². The van der Waals surface area contributed by atoms with Gasteiger partial charge in [-0.3, -0.25) is 9.59 Å². The zero-order valence-corrected chi connectivity index (χ0v) is 11.7. The summed E-state index contributed by atoms with van der Waals surface area (Å²) in [6.45, 7) is 3.44. The fraction of sp³-hybridized carbons (Fsp3) is 0.857. The van der Waals surface area contributed by atoms with E-state index in [0.717, 1.165) is 12.8 Å². The maximum Gasteiger partial charge on any atom is 0.306 e. The van der Waals surface area contributed by atoms with Crippen LogP contribution in [0.1, 0.15) is 25.7 Å². The Morgan fingerprint density at radius 1 is 0.800 bits per heavy atom. The highest BCUT2D eigenvalue weighted by atomic mass is 16.5. The van der Waals surface area contributed by atoms with Crippen LogP contribution in [0.25, 0.3) is 0 Å². The predicted octanol–water partition coefficient (Wildman–Crippen LogP) is 0.926. The Kier molecular flexibility index (Phi) is 6.26. The number of cyclic esters (lactones) is 2. The molecule has 0 bridgehead atoms. The van der Waals surface area contributed by atoms with Crippen molar-refractivity contribution in [3.05, 3.63) is 0 Å². The average molecular weight is 286 g/mol. The first kappa shape index (κ1) is 15.3. The van der Waals surface area contributed by atoms with Gasteiger partial charge >= 0.3 is 11.9 Å². The molecule has 2 atom stereocenters. The molecule has 2 saturated heterocycles. The van der Waals surface area contributed by atoms with Crippen molar-refractivity contribution in [2.75, 3.05) is 39.6 Å². The van der Waals surface area contributed by atoms with Crippen LogP contribution in [0.5, 0.6) is 0 Å². The van der Waals surface area contributed by atoms with Crippen molar-refractivity contribution in [2.45, 2.75) is 25.7 Å². The zero-order chi connectivity index (χ0) is 14.2. The molecule has 2 aliphatic heterocycles. The standard InChI is InChI=1S/C14H22O6/c15-13-7-11(9-19-13)1-3-17-5-6-18-4-2-12-8-14(16)20-10-12/h11-12H,1-10H2. The molecule has 0 spiro atoms. The van der Waals surface area contributed by atoms with Crippen LogP contribution in [-0.4, -0.2) is 51.6 Å². The van der Waals surface area contributed by atoms with Gasteiger partial charge in [0.1, 0.15) is 0 Å². The van der Waals surface area contributed by atoms with Crippen LogP contribution in [-0.2, 0) is 28.5 Å². The summed E-state index contributed by atoms with van der Waals surface area (Å²) in [5.41, 5.74) is 0. The largest absolute Gasteiger partial charge is 0.465 e. The normalized spacial score (nSPS) is 25.8. The van der Waals surface area contributed by atoms with Gasteiger partial charge < -0.3 is 18.9 Å². The fourth-order valence-corrected chi connectivity index (χ4v) is 2.32. The highest BCUT2D eigenvalue weighted by Gasteiger charge is 2.23. The van der Waals surface area contributed by atoms with Crippen molar-refractivity contribution in [3.8, 4) is 0 Å². The number of esters is 2. The molecular weight excluding hydrogens is 264 g/mol. The second-order valence-electron chi connectivity index (χ2n) is 5.31. The average Bonchev–Trinajstić information content (AvgIpc) is 3.02. The van der Waals surface area contributed by atoms with E-state index in [9.17, 15) is 9.59 Å². The van der Waals surface area contributed by atoms with Gasteiger partial charge in [-0.1, -0.05) is 0 Å². The van der Waals surface area contributed by atoms with Gasteiger partial charge in [0.05, 0.1) is 39.3 Å². The molecule has 0 amide bonds. The van der Waals surface area contributed by atoms with Crippen LogP contribution >= 0.6 is 0 Å². The highest BCUT2D eigenvalue weighted by molar-refractivity contribution is 5.71. The Morgan fingerprint density at radius 3 is 1.60 bits per heavy atom. The molecule has 0 aromatic carbocycles. The summed E-state index contributed by atoms with van der Waals surface area (Å²) in [7, 11) is 0. The van der Waals surface area contributed by atoms with Crippen molar-refractivity contribution in [1.82, 2.24) is 0 Å². The Labute approximate surface area is 118 Å². The summed E-state index contributed by atoms with van der Waals surface area (Å²) in [5.74, 6) is 0.409. The molecular formula is C14H22O6. The van der Waals surface area contributed by atoms with Gasteiger partial charge in [0.2, 0.25) is 0 Å². The lowest BCUT2D eigenvalue weighted by atomic mass is 10.1. The molecule has 0 aromatic rings. The van der Waals surface area contributed by atoms with E-state index >= 15 is 0 Å². The van der Waals surface area contributed by atoms with E-state index in [4.69, 9.17) is 18.9 Å². The number of carbonyl (C=O) groups excluding carboxylic acids is 2. The van der Waals surface area contributed by atoms with E-state index in [1.807, 2.05) is 0 Å². The predicted molar refractivity (Wildman–Crippen MR) is 69.0 cm³/mol. The Morgan fingerprint density at radius 2 is 1.25 bits per heavy atom. The number of rotatable bonds is 9. The van der Waals surface area contributed by atoms with E-state index in [1.165, 1.54) is 0 Å². The van der Waals surface area contributed by atoms with Gasteiger partial charge in [-0.15, -0.1) is 0 Å². The third-order valence-electron chi connectivity index (χ3n) is 3.58. The molecule has 114 valence electrons. The van der Waals surface area contributed by atoms with Crippen LogP contribution in [0.15, 0.2) is 0 Å². The van der Waals surface area contributed by atoms with Gasteiger partial charge in [0.15, 0.2) is 0 Å². The number of ether oxygens (including phenoxy) is 4. The van der Waals surface area contributed by atoms with Crippen molar-refractivity contribution in [1.29, 1.82) is 0 Å². The van der Waals surface area contributed by atoms with E-state index < -0.39 is 0 Å². The fourth-order valence-electron chi connectivity index (χ4n) is 2.32. The topological polar surface area (TPSA) is 71.1 Å². The summed E-state index contributed by atoms with van der Waals surface area (Å²) in [6, 6.07) is 0. The first-order valence-electron chi connectivity index (χ1n) is 7.21. The molecule has 2 rings (SSSR count). The molecule has 6 nitrogen and oxygen atoms in total. The quantitative estimate of drug-likeness (QED) is 0.464. The third-order valence-corrected chi connectivity index (χ3v) is 3.58. The molecule has 2 aliphatic rings. The van der Waals surface area contributed by atoms with Crippen LogP contribution in [0.2, 0.25) is 0 Å². The summed E-state index contributed by atoms with van der Waals surface area (Å²) in [5, 5.41) is 0. The smallest absolute Gasteiger partial charge is 0.306 e. The lowest BCUT2D eigenvalue weighted by Crippen LogP contribution is -2.11. The van der Waals surface area contributed by atoms with Crippen molar-refractivity contribution in [2.24, 2.45) is 11.8 Å². The van der Waals surface area contributed by atoms with Crippen molar-refractivity contribution < 1.29 is 28.5 Å². The van der Waals surface area contributed by atoms with Crippen molar-refractivity contribution >= 4 is 11.9 Å². The van der Waals surface area contributed by atoms with Crippen LogP contribution in [0, 0.1) is 11.8 Å². The monoisotopic (exact) mass is 286 g/mol. The van der Waals surface area contributed by atoms with Crippen LogP contribution in [0.4, 0.5) is 0 Å². The molecule has 2 fully saturated rings. The summed E-state index contributed by atoms with van der Waals surface area (Å²) >= 11 is 0. The summed E-state index contributed by atoms with van der Waals surface area (Å²) in [6.07, 6.45) is 2.74. The van der Waals surface area contributed by atoms with Gasteiger partial charge in [-0.25, -0.2) is 0 Å². The minimum Gasteiger partial charge on any atom is -0.465 e. The second kappa shape index (κ2) is 8.21. The van der Waals surface area contributed by atoms with Crippen LogP contribution < -0.4 is 0 Å². The lowest BCUT2D eigenvalue weighted by molar-refractivity contribution is -0.138. The first-order valence-corrected chi connectivity index (χ1v) is 7.21. The maximum absolute atomic E-state index is 10.9. The summed E-state index contributed by atoms with van der Waals surface area (Å²) < 4.78 is 20.7. The number of carbonyl (C=O) groups is 2. The molecule has 6 heteroatoms. The SMILES string of the molecule is O=C1CC(CCOCCOCCC2COC(=O)C2)CO1. The summed E-state index contributed by atoms with van der Waals surface area (Å²) in [4.78, 5) is 21.8. The second-order valence-corrected chi connectivity index (χ2v) is 5.31. The zero-order valence-electron chi connectivity index (χ0n) is 11.7. The molecule has 2 unspecified atom stereocenters. The lowest BCUT2D eigenvalue weighted by Gasteiger charge is -2.09. The molecule has 0 saturated carbocycles. The maximum atomic E-state index is 10.9. The molecule has 0 aliphatic carbocycles. The minimum atomic E-state index is -0.104. The Hall–Kier alpha value is -1.14. The Bertz CT molecular complexity index is 298. The Balaban J connectivity index is 1.35. The molecule has 20 heavy (non-hydrogen) atoms. The van der Waals surface area contributed by atoms with Gasteiger partial charge in [-0.05, 0) is 12.8 Å². The third kappa shape index (κ3) is 5.46. The number of hydrogen-bond acceptors (Lipinski definition) is 6. The van der Waals surface area contributed by atoms with E-state index in [1.54, 1.807) is 0 Å². The van der Waals surface area contributed by atoms with Gasteiger partial charge in [0.25, 0.3) is 0 Å². The van der Waals surface area contributed by atoms with Gasteiger partial charge in [0, 0.05) is 25.0 Å². The van der Waals surface area contributed by atoms with Crippen LogP contribution in [0.3, 0.4) is 0 Å². The van der Waals surface area contributed by atoms with E-state index in [0.29, 0.717) is 64.3 Å². The van der Waals surface area contributed by atoms with Crippen molar-refractivity contribution in [3.63, 3.8) is 0 Å². The number of hydrogen-bond donors (Lipinski definition) is 0. The highest BCUT2D eigenvalue weighted by Crippen LogP contribution is 2.18. The molecule has 0 aromatic heterocycles. The minimum absolute atomic E-state index is 0.104. The van der Waals surface area contributed by atoms with Gasteiger partial charge in [-0.2, -0.15) is 0 Å². The molecule has 0 N–H and O–H groups in total. The first-order chi connectivity index (χ1) is 9.74. The van der Waals surface area contributed by atoms with E-state index in [-0.39, 0.29) is 11.9 Å². The molecule has 0 radical (unpaired) electrons. The molecule has 2 heterocycles.